The first-order chi connectivity index (χ1) is 17.7. The molecule has 0 saturated carbocycles. The monoisotopic (exact) mass is 483 g/mol. The van der Waals surface area contributed by atoms with Gasteiger partial charge < -0.3 is 19.8 Å². The molecule has 0 amide bonds. The molecular formula is C25H25N9O2. The highest BCUT2D eigenvalue weighted by Gasteiger charge is 2.20. The fourth-order valence-electron chi connectivity index (χ4n) is 4.40. The Hall–Kier alpha value is -4.51. The van der Waals surface area contributed by atoms with Crippen LogP contribution in [0, 0.1) is 0 Å². The van der Waals surface area contributed by atoms with Crippen LogP contribution >= 0.6 is 0 Å². The van der Waals surface area contributed by atoms with Gasteiger partial charge >= 0.3 is 0 Å². The van der Waals surface area contributed by atoms with Crippen molar-refractivity contribution in [3.05, 3.63) is 78.1 Å². The highest BCUT2D eigenvalue weighted by atomic mass is 16.5. The average molecular weight is 484 g/mol. The Morgan fingerprint density at radius 2 is 2.06 bits per heavy atom. The molecule has 0 aliphatic carbocycles. The van der Waals surface area contributed by atoms with Crippen molar-refractivity contribution in [2.24, 2.45) is 0 Å². The number of ether oxygens (including phenoxy) is 1. The van der Waals surface area contributed by atoms with Gasteiger partial charge in [-0.05, 0) is 44.1 Å². The second-order valence-electron chi connectivity index (χ2n) is 8.56. The van der Waals surface area contributed by atoms with E-state index >= 15 is 0 Å². The molecule has 6 heterocycles. The number of nitrogens with zero attached hydrogens (tertiary/aromatic N) is 7. The Morgan fingerprint density at radius 1 is 1.17 bits per heavy atom. The number of nitrogens with one attached hydrogen (secondary N) is 2. The Morgan fingerprint density at radius 3 is 2.92 bits per heavy atom. The van der Waals surface area contributed by atoms with E-state index in [0.717, 1.165) is 37.3 Å². The van der Waals surface area contributed by atoms with E-state index in [0.29, 0.717) is 28.7 Å². The molecule has 1 aliphatic rings. The van der Waals surface area contributed by atoms with Gasteiger partial charge in [0, 0.05) is 30.9 Å². The van der Waals surface area contributed by atoms with Crippen molar-refractivity contribution >= 4 is 28.3 Å². The Kier molecular flexibility index (Phi) is 5.66. The van der Waals surface area contributed by atoms with Gasteiger partial charge in [0.1, 0.15) is 17.1 Å². The van der Waals surface area contributed by atoms with Crippen LogP contribution in [0.1, 0.15) is 12.8 Å². The van der Waals surface area contributed by atoms with E-state index in [9.17, 15) is 4.79 Å². The molecule has 0 bridgehead atoms. The second kappa shape index (κ2) is 9.27. The molecule has 0 atom stereocenters. The van der Waals surface area contributed by atoms with Crippen LogP contribution in [0.3, 0.4) is 0 Å². The molecule has 182 valence electrons. The van der Waals surface area contributed by atoms with Crippen LogP contribution in [0.2, 0.25) is 0 Å². The van der Waals surface area contributed by atoms with E-state index in [1.54, 1.807) is 21.6 Å². The molecule has 11 nitrogen and oxygen atoms in total. The first-order valence-corrected chi connectivity index (χ1v) is 11.8. The zero-order chi connectivity index (χ0) is 24.5. The van der Waals surface area contributed by atoms with Gasteiger partial charge in [-0.15, -0.1) is 6.58 Å². The first kappa shape index (κ1) is 22.0. The van der Waals surface area contributed by atoms with Gasteiger partial charge in [-0.3, -0.25) is 4.79 Å². The fraction of sp³-hybridized carbons (Fsp3) is 0.240. The van der Waals surface area contributed by atoms with E-state index in [-0.39, 0.29) is 18.2 Å². The summed E-state index contributed by atoms with van der Waals surface area (Å²) in [5, 5.41) is 6.94. The van der Waals surface area contributed by atoms with Gasteiger partial charge in [0.05, 0.1) is 12.2 Å². The number of aromatic nitrogens is 7. The summed E-state index contributed by atoms with van der Waals surface area (Å²) in [5.41, 5.74) is 1.84. The number of imidazole rings is 1. The molecule has 11 heteroatoms. The standard InChI is InChI=1S/C25H25N9O2/c1-2-13-33-24(35)19-15-28-25(29-17-6-7-20-27-12-14-32(20)16-17)31-23(19)34(33)21-4-3-5-22(30-21)36-18-8-10-26-11-9-18/h2-7,12,14-16,18,26H,1,8-11,13H2,(H,28,29,31). The highest BCUT2D eigenvalue weighted by molar-refractivity contribution is 5.77. The van der Waals surface area contributed by atoms with Crippen molar-refractivity contribution in [1.82, 2.24) is 39.0 Å². The van der Waals surface area contributed by atoms with E-state index in [2.05, 4.69) is 27.2 Å². The molecule has 36 heavy (non-hydrogen) atoms. The number of rotatable bonds is 7. The average Bonchev–Trinajstić information content (AvgIpc) is 3.47. The molecule has 5 aromatic rings. The molecule has 1 fully saturated rings. The van der Waals surface area contributed by atoms with Crippen molar-refractivity contribution in [2.75, 3.05) is 18.4 Å². The zero-order valence-electron chi connectivity index (χ0n) is 19.5. The molecule has 1 saturated heterocycles. The predicted octanol–water partition coefficient (Wildman–Crippen LogP) is 2.69. The lowest BCUT2D eigenvalue weighted by molar-refractivity contribution is 0.156. The first-order valence-electron chi connectivity index (χ1n) is 11.8. The van der Waals surface area contributed by atoms with Gasteiger partial charge in [-0.1, -0.05) is 12.1 Å². The number of hydrogen-bond acceptors (Lipinski definition) is 8. The molecule has 2 N–H and O–H groups in total. The van der Waals surface area contributed by atoms with Crippen molar-refractivity contribution in [1.29, 1.82) is 0 Å². The summed E-state index contributed by atoms with van der Waals surface area (Å²) in [4.78, 5) is 31.3. The Labute approximate surface area is 206 Å². The molecule has 6 rings (SSSR count). The van der Waals surface area contributed by atoms with Gasteiger partial charge in [0.2, 0.25) is 11.8 Å². The molecule has 0 unspecified atom stereocenters. The molecule has 0 radical (unpaired) electrons. The van der Waals surface area contributed by atoms with Gasteiger partial charge in [0.15, 0.2) is 11.5 Å². The third kappa shape index (κ3) is 4.09. The number of anilines is 2. The van der Waals surface area contributed by atoms with Crippen molar-refractivity contribution in [3.63, 3.8) is 0 Å². The minimum atomic E-state index is -0.220. The van der Waals surface area contributed by atoms with Gasteiger partial charge in [0.25, 0.3) is 5.56 Å². The maximum Gasteiger partial charge on any atom is 0.278 e. The lowest BCUT2D eigenvalue weighted by atomic mass is 10.1. The second-order valence-corrected chi connectivity index (χ2v) is 8.56. The third-order valence-electron chi connectivity index (χ3n) is 6.12. The highest BCUT2D eigenvalue weighted by Crippen LogP contribution is 2.21. The molecule has 0 spiro atoms. The summed E-state index contributed by atoms with van der Waals surface area (Å²) in [7, 11) is 0. The minimum absolute atomic E-state index is 0.108. The Balaban J connectivity index is 1.40. The van der Waals surface area contributed by atoms with Crippen LogP contribution in [0.15, 0.2) is 72.6 Å². The van der Waals surface area contributed by atoms with Crippen molar-refractivity contribution < 1.29 is 4.74 Å². The van der Waals surface area contributed by atoms with E-state index in [1.807, 2.05) is 47.1 Å². The summed E-state index contributed by atoms with van der Waals surface area (Å²) < 4.78 is 11.3. The summed E-state index contributed by atoms with van der Waals surface area (Å²) in [6.45, 7) is 5.94. The maximum absolute atomic E-state index is 13.2. The maximum atomic E-state index is 13.2. The number of hydrogen-bond donors (Lipinski definition) is 2. The smallest absolute Gasteiger partial charge is 0.278 e. The van der Waals surface area contributed by atoms with E-state index in [4.69, 9.17) is 14.7 Å². The summed E-state index contributed by atoms with van der Waals surface area (Å²) in [6.07, 6.45) is 10.7. The van der Waals surface area contributed by atoms with Crippen LogP contribution in [-0.2, 0) is 6.54 Å². The number of pyridine rings is 2. The predicted molar refractivity (Wildman–Crippen MR) is 136 cm³/mol. The molecule has 0 aromatic carbocycles. The Bertz CT molecular complexity index is 1610. The van der Waals surface area contributed by atoms with Gasteiger partial charge in [-0.25, -0.2) is 19.3 Å². The lowest BCUT2D eigenvalue weighted by Crippen LogP contribution is -2.34. The molecule has 1 aliphatic heterocycles. The normalized spacial score (nSPS) is 14.3. The number of fused-ring (bicyclic) bond motifs is 2. The molecule has 5 aromatic heterocycles. The molecular weight excluding hydrogens is 458 g/mol. The van der Waals surface area contributed by atoms with Crippen LogP contribution in [0.4, 0.5) is 11.6 Å². The van der Waals surface area contributed by atoms with E-state index in [1.165, 1.54) is 6.20 Å². The van der Waals surface area contributed by atoms with Crippen LogP contribution < -0.4 is 20.9 Å². The summed E-state index contributed by atoms with van der Waals surface area (Å²) in [5.74, 6) is 1.40. The van der Waals surface area contributed by atoms with E-state index < -0.39 is 0 Å². The van der Waals surface area contributed by atoms with Gasteiger partial charge in [-0.2, -0.15) is 9.97 Å². The third-order valence-corrected chi connectivity index (χ3v) is 6.12. The van der Waals surface area contributed by atoms with Crippen LogP contribution in [-0.4, -0.2) is 52.9 Å². The summed E-state index contributed by atoms with van der Waals surface area (Å²) >= 11 is 0. The largest absolute Gasteiger partial charge is 0.474 e. The zero-order valence-corrected chi connectivity index (χ0v) is 19.5. The lowest BCUT2D eigenvalue weighted by Gasteiger charge is -2.23. The van der Waals surface area contributed by atoms with Crippen molar-refractivity contribution in [2.45, 2.75) is 25.5 Å². The SMILES string of the molecule is C=CCn1c(=O)c2cnc(Nc3ccc4nccn4c3)nc2n1-c1cccc(OC2CCNCC2)n1. The van der Waals surface area contributed by atoms with Crippen molar-refractivity contribution in [3.8, 4) is 11.7 Å². The summed E-state index contributed by atoms with van der Waals surface area (Å²) in [6, 6.07) is 9.33. The van der Waals surface area contributed by atoms with Crippen LogP contribution in [0.25, 0.3) is 22.5 Å². The minimum Gasteiger partial charge on any atom is -0.474 e. The van der Waals surface area contributed by atoms with Crippen LogP contribution in [0.5, 0.6) is 5.88 Å². The number of allylic oxidation sites excluding steroid dienone is 1. The number of piperidine rings is 1. The topological polar surface area (TPSA) is 116 Å². The quantitative estimate of drug-likeness (QED) is 0.340. The fourth-order valence-corrected chi connectivity index (χ4v) is 4.40.